The van der Waals surface area contributed by atoms with Gasteiger partial charge in [0.05, 0.1) is 12.1 Å². The van der Waals surface area contributed by atoms with Gasteiger partial charge >= 0.3 is 6.03 Å². The molecule has 1 atom stereocenters. The van der Waals surface area contributed by atoms with Gasteiger partial charge in [-0.05, 0) is 36.8 Å². The number of rotatable bonds is 5. The summed E-state index contributed by atoms with van der Waals surface area (Å²) in [5.41, 5.74) is 1.65. The number of imide groups is 1. The molecule has 2 aromatic carbocycles. The molecule has 30 heavy (non-hydrogen) atoms. The Morgan fingerprint density at radius 1 is 1.07 bits per heavy atom. The number of anilines is 1. The number of amides is 4. The van der Waals surface area contributed by atoms with Crippen molar-refractivity contribution < 1.29 is 19.1 Å². The van der Waals surface area contributed by atoms with E-state index in [9.17, 15) is 14.4 Å². The highest BCUT2D eigenvalue weighted by molar-refractivity contribution is 6.22. The maximum Gasteiger partial charge on any atom is 0.329 e. The van der Waals surface area contributed by atoms with Gasteiger partial charge in [0, 0.05) is 25.9 Å². The number of likely N-dealkylation sites (tertiary alicyclic amines) is 1. The lowest BCUT2D eigenvalue weighted by molar-refractivity contribution is -0.135. The van der Waals surface area contributed by atoms with Crippen LogP contribution in [0.25, 0.3) is 0 Å². The number of ether oxygens (including phenoxy) is 1. The van der Waals surface area contributed by atoms with Crippen molar-refractivity contribution in [2.24, 2.45) is 0 Å². The second kappa shape index (κ2) is 8.57. The van der Waals surface area contributed by atoms with E-state index in [1.165, 1.54) is 0 Å². The van der Waals surface area contributed by atoms with Crippen molar-refractivity contribution in [3.05, 3.63) is 60.2 Å². The van der Waals surface area contributed by atoms with Crippen LogP contribution >= 0.6 is 0 Å². The molecule has 0 bridgehead atoms. The summed E-state index contributed by atoms with van der Waals surface area (Å²) in [6.07, 6.45) is 1.51. The summed E-state index contributed by atoms with van der Waals surface area (Å²) in [6, 6.07) is 15.3. The average Bonchev–Trinajstić information content (AvgIpc) is 3.02. The summed E-state index contributed by atoms with van der Waals surface area (Å²) in [4.78, 5) is 40.5. The number of hydrogen-bond acceptors (Lipinski definition) is 4. The van der Waals surface area contributed by atoms with E-state index in [1.807, 2.05) is 37.3 Å². The van der Waals surface area contributed by atoms with Crippen LogP contribution in [0.15, 0.2) is 54.6 Å². The van der Waals surface area contributed by atoms with Crippen molar-refractivity contribution in [3.8, 4) is 5.75 Å². The molecule has 4 amide bonds. The minimum Gasteiger partial charge on any atom is -0.490 e. The van der Waals surface area contributed by atoms with Crippen LogP contribution in [0.1, 0.15) is 24.8 Å². The molecule has 1 N–H and O–H groups in total. The van der Waals surface area contributed by atoms with Gasteiger partial charge in [0.25, 0.3) is 5.91 Å². The van der Waals surface area contributed by atoms with Crippen molar-refractivity contribution >= 4 is 23.5 Å². The lowest BCUT2D eigenvalue weighted by Gasteiger charge is -2.32. The van der Waals surface area contributed by atoms with Gasteiger partial charge in [0.2, 0.25) is 5.91 Å². The minimum absolute atomic E-state index is 0.0304. The van der Waals surface area contributed by atoms with Crippen LogP contribution in [0.2, 0.25) is 0 Å². The zero-order valence-electron chi connectivity index (χ0n) is 16.9. The van der Waals surface area contributed by atoms with Crippen LogP contribution < -0.4 is 15.0 Å². The molecule has 0 spiro atoms. The highest BCUT2D eigenvalue weighted by atomic mass is 16.5. The van der Waals surface area contributed by atoms with Crippen molar-refractivity contribution in [2.75, 3.05) is 18.0 Å². The lowest BCUT2D eigenvalue weighted by Crippen LogP contribution is -2.44. The molecule has 2 saturated heterocycles. The predicted octanol–water partition coefficient (Wildman–Crippen LogP) is 2.88. The van der Waals surface area contributed by atoms with Crippen LogP contribution in [0.4, 0.5) is 10.5 Å². The number of hydrogen-bond donors (Lipinski definition) is 1. The quantitative estimate of drug-likeness (QED) is 0.773. The van der Waals surface area contributed by atoms with E-state index in [4.69, 9.17) is 4.74 Å². The van der Waals surface area contributed by atoms with Crippen molar-refractivity contribution in [2.45, 2.75) is 38.3 Å². The van der Waals surface area contributed by atoms with Crippen molar-refractivity contribution in [3.63, 3.8) is 0 Å². The third-order valence-corrected chi connectivity index (χ3v) is 5.50. The van der Waals surface area contributed by atoms with E-state index in [2.05, 4.69) is 5.32 Å². The number of aryl methyl sites for hydroxylation is 1. The molecule has 0 radical (unpaired) electrons. The van der Waals surface area contributed by atoms with E-state index in [1.54, 1.807) is 29.2 Å². The van der Waals surface area contributed by atoms with Gasteiger partial charge in [-0.2, -0.15) is 0 Å². The molecular weight excluding hydrogens is 382 g/mol. The Morgan fingerprint density at radius 3 is 2.50 bits per heavy atom. The average molecular weight is 407 g/mol. The predicted molar refractivity (Wildman–Crippen MR) is 112 cm³/mol. The van der Waals surface area contributed by atoms with E-state index in [0.717, 1.165) is 29.1 Å². The number of para-hydroxylation sites is 1. The number of nitrogens with one attached hydrogen (secondary N) is 1. The largest absolute Gasteiger partial charge is 0.490 e. The number of piperidine rings is 1. The summed E-state index contributed by atoms with van der Waals surface area (Å²) in [5, 5.41) is 2.63. The molecule has 4 rings (SSSR count). The standard InChI is InChI=1S/C23H25N3O4/c1-16-6-5-9-19(14-16)30-18-10-12-25(13-11-18)21(27)15-20-22(28)26(23(29)24-20)17-7-3-2-4-8-17/h2-9,14,18,20H,10-13,15H2,1H3,(H,24,29)/t20-/m0/s1. The maximum atomic E-state index is 12.7. The van der Waals surface area contributed by atoms with Gasteiger partial charge in [-0.1, -0.05) is 30.3 Å². The summed E-state index contributed by atoms with van der Waals surface area (Å²) in [5.74, 6) is 0.329. The SMILES string of the molecule is Cc1cccc(OC2CCN(C(=O)C[C@@H]3NC(=O)N(c4ccccc4)C3=O)CC2)c1. The fourth-order valence-electron chi connectivity index (χ4n) is 3.90. The number of urea groups is 1. The molecule has 156 valence electrons. The highest BCUT2D eigenvalue weighted by Crippen LogP contribution is 2.23. The molecule has 0 aromatic heterocycles. The molecule has 2 aliphatic heterocycles. The van der Waals surface area contributed by atoms with E-state index >= 15 is 0 Å². The molecular formula is C23H25N3O4. The maximum absolute atomic E-state index is 12.7. The molecule has 2 fully saturated rings. The van der Waals surface area contributed by atoms with Crippen molar-refractivity contribution in [1.29, 1.82) is 0 Å². The van der Waals surface area contributed by atoms with Crippen LogP contribution in [0, 0.1) is 6.92 Å². The first-order chi connectivity index (χ1) is 14.5. The first-order valence-electron chi connectivity index (χ1n) is 10.2. The molecule has 0 saturated carbocycles. The normalized spacial score (nSPS) is 19.7. The molecule has 0 aliphatic carbocycles. The van der Waals surface area contributed by atoms with Crippen LogP contribution in [0.5, 0.6) is 5.75 Å². The smallest absolute Gasteiger partial charge is 0.329 e. The van der Waals surface area contributed by atoms with Crippen LogP contribution in [-0.2, 0) is 9.59 Å². The molecule has 2 heterocycles. The first kappa shape index (κ1) is 19.9. The monoisotopic (exact) mass is 407 g/mol. The van der Waals surface area contributed by atoms with Gasteiger partial charge in [-0.15, -0.1) is 0 Å². The Morgan fingerprint density at radius 2 is 1.80 bits per heavy atom. The number of carbonyl (C=O) groups is 3. The van der Waals surface area contributed by atoms with Gasteiger partial charge < -0.3 is 15.0 Å². The lowest BCUT2D eigenvalue weighted by atomic mass is 10.1. The number of benzene rings is 2. The second-order valence-corrected chi connectivity index (χ2v) is 7.73. The Balaban J connectivity index is 1.30. The fraction of sp³-hybridized carbons (Fsp3) is 0.348. The zero-order valence-corrected chi connectivity index (χ0v) is 16.9. The summed E-state index contributed by atoms with van der Waals surface area (Å²) < 4.78 is 6.04. The van der Waals surface area contributed by atoms with Crippen LogP contribution in [0.3, 0.4) is 0 Å². The Kier molecular flexibility index (Phi) is 5.70. The first-order valence-corrected chi connectivity index (χ1v) is 10.2. The second-order valence-electron chi connectivity index (χ2n) is 7.73. The van der Waals surface area contributed by atoms with Gasteiger partial charge in [0.1, 0.15) is 17.9 Å². The van der Waals surface area contributed by atoms with Gasteiger partial charge in [0.15, 0.2) is 0 Å². The fourth-order valence-corrected chi connectivity index (χ4v) is 3.90. The van der Waals surface area contributed by atoms with E-state index in [-0.39, 0.29) is 18.4 Å². The summed E-state index contributed by atoms with van der Waals surface area (Å²) >= 11 is 0. The highest BCUT2D eigenvalue weighted by Gasteiger charge is 2.40. The van der Waals surface area contributed by atoms with E-state index < -0.39 is 18.0 Å². The molecule has 0 unspecified atom stereocenters. The molecule has 2 aliphatic rings. The van der Waals surface area contributed by atoms with Crippen molar-refractivity contribution in [1.82, 2.24) is 10.2 Å². The zero-order chi connectivity index (χ0) is 21.1. The number of nitrogens with zero attached hydrogens (tertiary/aromatic N) is 2. The minimum atomic E-state index is -0.827. The van der Waals surface area contributed by atoms with E-state index in [0.29, 0.717) is 18.8 Å². The Labute approximate surface area is 175 Å². The van der Waals surface area contributed by atoms with Crippen LogP contribution in [-0.4, -0.2) is 48.0 Å². The molecule has 7 heteroatoms. The third kappa shape index (κ3) is 4.30. The Hall–Kier alpha value is -3.35. The molecule has 7 nitrogen and oxygen atoms in total. The summed E-state index contributed by atoms with van der Waals surface area (Å²) in [7, 11) is 0. The summed E-state index contributed by atoms with van der Waals surface area (Å²) in [6.45, 7) is 3.18. The topological polar surface area (TPSA) is 79.0 Å². The Bertz CT molecular complexity index is 938. The van der Waals surface area contributed by atoms with Gasteiger partial charge in [-0.25, -0.2) is 9.69 Å². The molecule has 2 aromatic rings. The third-order valence-electron chi connectivity index (χ3n) is 5.50. The van der Waals surface area contributed by atoms with Gasteiger partial charge in [-0.3, -0.25) is 9.59 Å². The number of carbonyl (C=O) groups excluding carboxylic acids is 3.